The number of aromatic nitrogens is 2. The van der Waals surface area contributed by atoms with Crippen LogP contribution in [0.15, 0.2) is 29.1 Å². The molecule has 2 heterocycles. The molecular weight excluding hydrogens is 384 g/mol. The molecule has 3 N–H and O–H groups in total. The normalized spacial score (nSPS) is 9.67. The molecule has 9 nitrogen and oxygen atoms in total. The number of carbonyl (C=O) groups excluding carboxylic acids is 1. The van der Waals surface area contributed by atoms with Crippen LogP contribution in [0.5, 0.6) is 0 Å². The lowest BCUT2D eigenvalue weighted by Crippen LogP contribution is -2.31. The van der Waals surface area contributed by atoms with Crippen LogP contribution in [-0.2, 0) is 4.74 Å². The number of pyridine rings is 2. The van der Waals surface area contributed by atoms with Gasteiger partial charge in [0.1, 0.15) is 11.8 Å². The molecule has 0 spiro atoms. The summed E-state index contributed by atoms with van der Waals surface area (Å²) in [4.78, 5) is 24.7. The number of nitrogens with zero attached hydrogens (tertiary/aromatic N) is 3. The second kappa shape index (κ2) is 8.20. The van der Waals surface area contributed by atoms with Gasteiger partial charge in [-0.25, -0.2) is 9.78 Å². The standard InChI is InChI=1S/C8H10N2O2.C6H6BrN2O3/c1-5-4-10-7(3-6(5)9)8(11)12-2;1-4-3-8(10)6(7)2-5(4)9(11)12/h3-4H,1-2H3,(H2,9,10);2-3,10H,1H3/q;+1. The van der Waals surface area contributed by atoms with E-state index in [9.17, 15) is 14.9 Å². The van der Waals surface area contributed by atoms with Crippen molar-refractivity contribution in [1.82, 2.24) is 4.98 Å². The summed E-state index contributed by atoms with van der Waals surface area (Å²) in [6.07, 6.45) is 2.81. The van der Waals surface area contributed by atoms with Gasteiger partial charge in [0, 0.05) is 32.5 Å². The molecule has 0 aromatic carbocycles. The minimum atomic E-state index is -0.500. The van der Waals surface area contributed by atoms with Crippen molar-refractivity contribution in [2.75, 3.05) is 12.8 Å². The van der Waals surface area contributed by atoms with E-state index in [1.165, 1.54) is 25.4 Å². The number of nitrogen functional groups attached to an aromatic ring is 1. The molecule has 2 rings (SSSR count). The van der Waals surface area contributed by atoms with Crippen molar-refractivity contribution in [3.05, 3.63) is 56.1 Å². The number of halogens is 1. The molecule has 0 amide bonds. The van der Waals surface area contributed by atoms with E-state index in [-0.39, 0.29) is 16.0 Å². The van der Waals surface area contributed by atoms with Crippen LogP contribution in [-0.4, -0.2) is 28.2 Å². The van der Waals surface area contributed by atoms with Gasteiger partial charge in [-0.3, -0.25) is 15.3 Å². The number of aryl methyl sites for hydroxylation is 2. The molecule has 0 saturated carbocycles. The van der Waals surface area contributed by atoms with Crippen molar-refractivity contribution < 1.29 is 24.4 Å². The van der Waals surface area contributed by atoms with E-state index in [4.69, 9.17) is 10.9 Å². The van der Waals surface area contributed by atoms with Crippen LogP contribution in [0.4, 0.5) is 11.4 Å². The lowest BCUT2D eigenvalue weighted by molar-refractivity contribution is -0.913. The number of nitro groups is 1. The Morgan fingerprint density at radius 1 is 1.42 bits per heavy atom. The molecule has 0 aliphatic heterocycles. The Kier molecular flexibility index (Phi) is 6.59. The molecule has 0 saturated heterocycles. The number of methoxy groups -OCH3 is 1. The predicted molar refractivity (Wildman–Crippen MR) is 87.6 cm³/mol. The van der Waals surface area contributed by atoms with Crippen LogP contribution in [0.2, 0.25) is 0 Å². The van der Waals surface area contributed by atoms with Gasteiger partial charge < -0.3 is 10.5 Å². The monoisotopic (exact) mass is 399 g/mol. The predicted octanol–water partition coefficient (Wildman–Crippen LogP) is 1.95. The number of hydrogen-bond acceptors (Lipinski definition) is 7. The molecule has 0 aliphatic rings. The highest BCUT2D eigenvalue weighted by molar-refractivity contribution is 9.10. The lowest BCUT2D eigenvalue weighted by atomic mass is 10.2. The molecule has 2 aromatic heterocycles. The molecule has 0 bridgehead atoms. The summed E-state index contributed by atoms with van der Waals surface area (Å²) in [5, 5.41) is 19.4. The van der Waals surface area contributed by atoms with Crippen LogP contribution in [0.25, 0.3) is 0 Å². The maximum Gasteiger partial charge on any atom is 0.356 e. The first-order valence-corrected chi connectivity index (χ1v) is 7.32. The molecular formula is C14H16BrN4O5+. The minimum Gasteiger partial charge on any atom is -0.464 e. The number of hydrogen-bond donors (Lipinski definition) is 2. The molecule has 0 aliphatic carbocycles. The van der Waals surface area contributed by atoms with Gasteiger partial charge in [0.05, 0.1) is 17.6 Å². The molecule has 10 heteroatoms. The van der Waals surface area contributed by atoms with Gasteiger partial charge in [-0.1, -0.05) is 0 Å². The second-order valence-electron chi connectivity index (χ2n) is 4.68. The van der Waals surface area contributed by atoms with Crippen LogP contribution >= 0.6 is 15.9 Å². The molecule has 0 radical (unpaired) electrons. The fourth-order valence-corrected chi connectivity index (χ4v) is 1.88. The zero-order chi connectivity index (χ0) is 18.4. The van der Waals surface area contributed by atoms with Crippen LogP contribution in [0, 0.1) is 24.0 Å². The molecule has 0 atom stereocenters. The van der Waals surface area contributed by atoms with Gasteiger partial charge in [-0.2, -0.15) is 0 Å². The van der Waals surface area contributed by atoms with Crippen LogP contribution in [0.1, 0.15) is 21.6 Å². The van der Waals surface area contributed by atoms with Crippen molar-refractivity contribution in [2.24, 2.45) is 0 Å². The Morgan fingerprint density at radius 2 is 2.04 bits per heavy atom. The van der Waals surface area contributed by atoms with Crippen LogP contribution < -0.4 is 10.5 Å². The van der Waals surface area contributed by atoms with E-state index in [1.807, 2.05) is 6.92 Å². The number of carbonyl (C=O) groups is 1. The quantitative estimate of drug-likeness (QED) is 0.197. The van der Waals surface area contributed by atoms with E-state index >= 15 is 0 Å². The van der Waals surface area contributed by atoms with E-state index in [2.05, 4.69) is 25.7 Å². The third-order valence-corrected chi connectivity index (χ3v) is 3.52. The largest absolute Gasteiger partial charge is 0.464 e. The van der Waals surface area contributed by atoms with Gasteiger partial charge in [0.15, 0.2) is 0 Å². The summed E-state index contributed by atoms with van der Waals surface area (Å²) >= 11 is 2.96. The van der Waals surface area contributed by atoms with Gasteiger partial charge in [-0.15, -0.1) is 0 Å². The fraction of sp³-hybridized carbons (Fsp3) is 0.214. The third-order valence-electron chi connectivity index (χ3n) is 2.93. The molecule has 128 valence electrons. The highest BCUT2D eigenvalue weighted by Gasteiger charge is 2.19. The minimum absolute atomic E-state index is 0.0211. The maximum atomic E-state index is 10.9. The Hall–Kier alpha value is -2.75. The van der Waals surface area contributed by atoms with Crippen molar-refractivity contribution in [3.8, 4) is 0 Å². The average molecular weight is 400 g/mol. The lowest BCUT2D eigenvalue weighted by Gasteiger charge is -2.01. The molecule has 24 heavy (non-hydrogen) atoms. The van der Waals surface area contributed by atoms with Crippen LogP contribution in [0.3, 0.4) is 0 Å². The number of rotatable bonds is 2. The molecule has 2 aromatic rings. The van der Waals surface area contributed by atoms with Gasteiger partial charge in [0.2, 0.25) is 6.20 Å². The maximum absolute atomic E-state index is 10.9. The Morgan fingerprint density at radius 3 is 2.54 bits per heavy atom. The number of nitrogens with two attached hydrogens (primary N) is 1. The highest BCUT2D eigenvalue weighted by atomic mass is 79.9. The summed E-state index contributed by atoms with van der Waals surface area (Å²) in [6.45, 7) is 3.38. The zero-order valence-electron chi connectivity index (χ0n) is 13.2. The van der Waals surface area contributed by atoms with Crippen molar-refractivity contribution in [1.29, 1.82) is 0 Å². The molecule has 0 fully saturated rings. The Balaban J connectivity index is 0.000000240. The third kappa shape index (κ3) is 4.88. The average Bonchev–Trinajstić information content (AvgIpc) is 2.53. The first kappa shape index (κ1) is 19.3. The summed E-state index contributed by atoms with van der Waals surface area (Å²) < 4.78 is 5.50. The van der Waals surface area contributed by atoms with Gasteiger partial charge >= 0.3 is 10.6 Å². The summed E-state index contributed by atoms with van der Waals surface area (Å²) in [7, 11) is 1.31. The first-order chi connectivity index (χ1) is 11.2. The fourth-order valence-electron chi connectivity index (χ4n) is 1.56. The summed E-state index contributed by atoms with van der Waals surface area (Å²) in [5.74, 6) is -0.471. The van der Waals surface area contributed by atoms with E-state index in [1.54, 1.807) is 13.1 Å². The molecule has 0 unspecified atom stereocenters. The Bertz CT molecular complexity index is 782. The van der Waals surface area contributed by atoms with E-state index < -0.39 is 10.9 Å². The number of esters is 1. The van der Waals surface area contributed by atoms with E-state index in [0.717, 1.165) is 10.3 Å². The van der Waals surface area contributed by atoms with Crippen molar-refractivity contribution in [3.63, 3.8) is 0 Å². The summed E-state index contributed by atoms with van der Waals surface area (Å²) in [6, 6.07) is 2.75. The zero-order valence-corrected chi connectivity index (χ0v) is 14.8. The smallest absolute Gasteiger partial charge is 0.356 e. The topological polar surface area (TPSA) is 132 Å². The van der Waals surface area contributed by atoms with Gasteiger partial charge in [0.25, 0.3) is 5.69 Å². The SMILES string of the molecule is COC(=O)c1cc(N)c(C)cn1.Cc1c[n+](O)c(Br)cc1[N+](=O)[O-]. The first-order valence-electron chi connectivity index (χ1n) is 6.53. The van der Waals surface area contributed by atoms with Crippen molar-refractivity contribution >= 4 is 33.3 Å². The second-order valence-corrected chi connectivity index (χ2v) is 5.50. The number of ether oxygens (including phenoxy) is 1. The van der Waals surface area contributed by atoms with Gasteiger partial charge in [-0.05, 0) is 25.5 Å². The Labute approximate surface area is 145 Å². The van der Waals surface area contributed by atoms with Crippen molar-refractivity contribution in [2.45, 2.75) is 13.8 Å². The van der Waals surface area contributed by atoms with E-state index in [0.29, 0.717) is 11.3 Å². The summed E-state index contributed by atoms with van der Waals surface area (Å²) in [5.41, 5.74) is 7.59. The highest BCUT2D eigenvalue weighted by Crippen LogP contribution is 2.18. The number of anilines is 1.